The average molecular weight is 317 g/mol. The molecule has 7 heteroatoms. The zero-order chi connectivity index (χ0) is 15.7. The number of nitrogens with zero attached hydrogens (tertiary/aromatic N) is 1. The van der Waals surface area contributed by atoms with E-state index in [1.807, 2.05) is 6.92 Å². The summed E-state index contributed by atoms with van der Waals surface area (Å²) < 4.78 is 23.1. The minimum absolute atomic E-state index is 0.0498. The standard InChI is InChI=1S/C14H27N3O3S/c1-11-3-5-17(8-12(11)7-15)9-13(18)16-14(2)4-6-21(19,20)10-14/h11-12H,3-10,15H2,1-2H3,(H,16,18). The van der Waals surface area contributed by atoms with Crippen molar-refractivity contribution in [2.75, 3.05) is 37.7 Å². The molecule has 0 aromatic rings. The van der Waals surface area contributed by atoms with Gasteiger partial charge in [-0.3, -0.25) is 9.69 Å². The van der Waals surface area contributed by atoms with Crippen LogP contribution in [0.3, 0.4) is 0 Å². The zero-order valence-electron chi connectivity index (χ0n) is 13.0. The van der Waals surface area contributed by atoms with Gasteiger partial charge in [0.05, 0.1) is 23.6 Å². The highest BCUT2D eigenvalue weighted by Crippen LogP contribution is 2.24. The van der Waals surface area contributed by atoms with Gasteiger partial charge in [-0.1, -0.05) is 6.92 Å². The molecule has 0 bridgehead atoms. The van der Waals surface area contributed by atoms with E-state index in [0.717, 1.165) is 19.5 Å². The molecular formula is C14H27N3O3S. The third-order valence-electron chi connectivity index (χ3n) is 4.81. The van der Waals surface area contributed by atoms with Crippen LogP contribution in [0.25, 0.3) is 0 Å². The molecule has 0 radical (unpaired) electrons. The van der Waals surface area contributed by atoms with E-state index in [1.165, 1.54) is 0 Å². The normalized spacial score (nSPS) is 36.5. The van der Waals surface area contributed by atoms with Crippen molar-refractivity contribution in [3.05, 3.63) is 0 Å². The van der Waals surface area contributed by atoms with Crippen LogP contribution < -0.4 is 11.1 Å². The van der Waals surface area contributed by atoms with E-state index < -0.39 is 15.4 Å². The number of nitrogens with one attached hydrogen (secondary N) is 1. The van der Waals surface area contributed by atoms with Crippen molar-refractivity contribution < 1.29 is 13.2 Å². The molecule has 0 aliphatic carbocycles. The fourth-order valence-corrected chi connectivity index (χ4v) is 5.46. The van der Waals surface area contributed by atoms with Crippen molar-refractivity contribution in [3.8, 4) is 0 Å². The highest BCUT2D eigenvalue weighted by atomic mass is 32.2. The van der Waals surface area contributed by atoms with Crippen LogP contribution >= 0.6 is 0 Å². The summed E-state index contributed by atoms with van der Waals surface area (Å²) in [6, 6.07) is 0. The minimum Gasteiger partial charge on any atom is -0.349 e. The molecule has 0 aromatic heterocycles. The van der Waals surface area contributed by atoms with Gasteiger partial charge in [0.15, 0.2) is 9.84 Å². The largest absolute Gasteiger partial charge is 0.349 e. The van der Waals surface area contributed by atoms with Gasteiger partial charge in [0.25, 0.3) is 0 Å². The second-order valence-corrected chi connectivity index (χ2v) is 9.13. The van der Waals surface area contributed by atoms with Crippen LogP contribution in [-0.4, -0.2) is 62.4 Å². The first-order valence-electron chi connectivity index (χ1n) is 7.67. The van der Waals surface area contributed by atoms with Crippen LogP contribution in [0.15, 0.2) is 0 Å². The van der Waals surface area contributed by atoms with Crippen molar-refractivity contribution in [3.63, 3.8) is 0 Å². The van der Waals surface area contributed by atoms with E-state index in [0.29, 0.717) is 31.3 Å². The Labute approximate surface area is 127 Å². The van der Waals surface area contributed by atoms with Gasteiger partial charge < -0.3 is 11.1 Å². The topological polar surface area (TPSA) is 92.5 Å². The first-order chi connectivity index (χ1) is 9.73. The number of rotatable bonds is 4. The number of piperidine rings is 1. The zero-order valence-corrected chi connectivity index (χ0v) is 13.8. The third-order valence-corrected chi connectivity index (χ3v) is 6.72. The van der Waals surface area contributed by atoms with Crippen molar-refractivity contribution in [1.29, 1.82) is 0 Å². The number of likely N-dealkylation sites (tertiary alicyclic amines) is 1. The molecule has 122 valence electrons. The molecule has 0 saturated carbocycles. The van der Waals surface area contributed by atoms with Gasteiger partial charge in [-0.2, -0.15) is 0 Å². The maximum atomic E-state index is 12.2. The van der Waals surface area contributed by atoms with Gasteiger partial charge in [-0.15, -0.1) is 0 Å². The lowest BCUT2D eigenvalue weighted by Gasteiger charge is -2.36. The summed E-state index contributed by atoms with van der Waals surface area (Å²) in [4.78, 5) is 14.3. The highest BCUT2D eigenvalue weighted by Gasteiger charge is 2.39. The summed E-state index contributed by atoms with van der Waals surface area (Å²) in [7, 11) is -3.00. The molecule has 0 aromatic carbocycles. The lowest BCUT2D eigenvalue weighted by Crippen LogP contribution is -2.52. The molecule has 2 heterocycles. The van der Waals surface area contributed by atoms with Gasteiger partial charge in [0.2, 0.25) is 5.91 Å². The second-order valence-electron chi connectivity index (χ2n) is 6.95. The van der Waals surface area contributed by atoms with Crippen LogP contribution in [0.1, 0.15) is 26.7 Å². The molecule has 3 N–H and O–H groups in total. The fraction of sp³-hybridized carbons (Fsp3) is 0.929. The predicted molar refractivity (Wildman–Crippen MR) is 82.6 cm³/mol. The van der Waals surface area contributed by atoms with E-state index in [4.69, 9.17) is 5.73 Å². The van der Waals surface area contributed by atoms with Gasteiger partial charge in [-0.25, -0.2) is 8.42 Å². The Kier molecular flexibility index (Phi) is 4.95. The van der Waals surface area contributed by atoms with Crippen molar-refractivity contribution >= 4 is 15.7 Å². The SMILES string of the molecule is CC1CCN(CC(=O)NC2(C)CCS(=O)(=O)C2)CC1CN. The monoisotopic (exact) mass is 317 g/mol. The Morgan fingerprint density at radius 2 is 2.19 bits per heavy atom. The number of amides is 1. The van der Waals surface area contributed by atoms with Gasteiger partial charge in [0.1, 0.15) is 0 Å². The first-order valence-corrected chi connectivity index (χ1v) is 9.49. The highest BCUT2D eigenvalue weighted by molar-refractivity contribution is 7.91. The van der Waals surface area contributed by atoms with Crippen LogP contribution in [0.2, 0.25) is 0 Å². The van der Waals surface area contributed by atoms with Crippen LogP contribution in [-0.2, 0) is 14.6 Å². The van der Waals surface area contributed by atoms with Crippen LogP contribution in [0.5, 0.6) is 0 Å². The molecule has 2 fully saturated rings. The summed E-state index contributed by atoms with van der Waals surface area (Å²) in [6.45, 7) is 6.75. The summed E-state index contributed by atoms with van der Waals surface area (Å²) >= 11 is 0. The van der Waals surface area contributed by atoms with Gasteiger partial charge >= 0.3 is 0 Å². The molecule has 2 rings (SSSR count). The number of carbonyl (C=O) groups is 1. The fourth-order valence-electron chi connectivity index (χ4n) is 3.36. The number of hydrogen-bond acceptors (Lipinski definition) is 5. The Morgan fingerprint density at radius 3 is 2.76 bits per heavy atom. The Balaban J connectivity index is 1.85. The second kappa shape index (κ2) is 6.22. The molecule has 2 saturated heterocycles. The molecule has 3 atom stereocenters. The number of carbonyl (C=O) groups excluding carboxylic acids is 1. The van der Waals surface area contributed by atoms with E-state index in [9.17, 15) is 13.2 Å². The maximum Gasteiger partial charge on any atom is 0.234 e. The number of nitrogens with two attached hydrogens (primary N) is 1. The van der Waals surface area contributed by atoms with E-state index >= 15 is 0 Å². The average Bonchev–Trinajstić information content (AvgIpc) is 2.65. The molecule has 2 aliphatic rings. The number of sulfone groups is 1. The Morgan fingerprint density at radius 1 is 1.48 bits per heavy atom. The van der Waals surface area contributed by atoms with Crippen LogP contribution in [0.4, 0.5) is 0 Å². The van der Waals surface area contributed by atoms with Crippen molar-refractivity contribution in [2.24, 2.45) is 17.6 Å². The quantitative estimate of drug-likeness (QED) is 0.736. The van der Waals surface area contributed by atoms with Crippen molar-refractivity contribution in [2.45, 2.75) is 32.2 Å². The molecule has 3 unspecified atom stereocenters. The Hall–Kier alpha value is -0.660. The molecule has 2 aliphatic heterocycles. The third kappa shape index (κ3) is 4.40. The predicted octanol–water partition coefficient (Wildman–Crippen LogP) is -0.403. The first kappa shape index (κ1) is 16.7. The van der Waals surface area contributed by atoms with Crippen LogP contribution in [0, 0.1) is 11.8 Å². The lowest BCUT2D eigenvalue weighted by molar-refractivity contribution is -0.124. The van der Waals surface area contributed by atoms with E-state index in [-0.39, 0.29) is 17.4 Å². The lowest BCUT2D eigenvalue weighted by atomic mass is 9.87. The molecular weight excluding hydrogens is 290 g/mol. The molecule has 1 amide bonds. The van der Waals surface area contributed by atoms with Gasteiger partial charge in [-0.05, 0) is 44.7 Å². The summed E-state index contributed by atoms with van der Waals surface area (Å²) in [5.41, 5.74) is 5.17. The minimum atomic E-state index is -3.00. The Bertz CT molecular complexity index is 494. The summed E-state index contributed by atoms with van der Waals surface area (Å²) in [5, 5.41) is 2.91. The molecule has 21 heavy (non-hydrogen) atoms. The summed E-state index contributed by atoms with van der Waals surface area (Å²) in [6.07, 6.45) is 1.56. The molecule has 0 spiro atoms. The van der Waals surface area contributed by atoms with Gasteiger partial charge in [0, 0.05) is 6.54 Å². The van der Waals surface area contributed by atoms with Crippen molar-refractivity contribution in [1.82, 2.24) is 10.2 Å². The van der Waals surface area contributed by atoms with E-state index in [1.54, 1.807) is 0 Å². The van der Waals surface area contributed by atoms with E-state index in [2.05, 4.69) is 17.1 Å². The maximum absolute atomic E-state index is 12.2. The number of hydrogen-bond donors (Lipinski definition) is 2. The smallest absolute Gasteiger partial charge is 0.234 e. The molecule has 6 nitrogen and oxygen atoms in total. The summed E-state index contributed by atoms with van der Waals surface area (Å²) in [5.74, 6) is 1.18.